The minimum absolute atomic E-state index is 0.260. The molecule has 0 spiro atoms. The molecule has 4 aromatic rings. The second kappa shape index (κ2) is 6.98. The van der Waals surface area contributed by atoms with Crippen LogP contribution in [-0.4, -0.2) is 36.5 Å². The molecule has 3 heterocycles. The monoisotopic (exact) mass is 384 g/mol. The summed E-state index contributed by atoms with van der Waals surface area (Å²) in [6.45, 7) is 0.260. The third-order valence-electron chi connectivity index (χ3n) is 4.89. The molecular weight excluding hydrogens is 364 g/mol. The number of aromatic nitrogens is 2. The predicted molar refractivity (Wildman–Crippen MR) is 115 cm³/mol. The third kappa shape index (κ3) is 3.18. The number of anilines is 1. The maximum Gasteiger partial charge on any atom is 0.231 e. The van der Waals surface area contributed by atoms with Crippen molar-refractivity contribution in [2.45, 2.75) is 0 Å². The highest BCUT2D eigenvalue weighted by atomic mass is 16.7. The number of fused-ring (bicyclic) bond motifs is 2. The summed E-state index contributed by atoms with van der Waals surface area (Å²) in [6, 6.07) is 20.1. The van der Waals surface area contributed by atoms with E-state index in [-0.39, 0.29) is 6.79 Å². The van der Waals surface area contributed by atoms with Gasteiger partial charge in [-0.05, 0) is 48.0 Å². The van der Waals surface area contributed by atoms with Crippen LogP contribution in [0.1, 0.15) is 5.56 Å². The molecule has 2 aromatic heterocycles. The van der Waals surface area contributed by atoms with Gasteiger partial charge in [0.05, 0.1) is 0 Å². The van der Waals surface area contributed by atoms with Crippen molar-refractivity contribution in [3.8, 4) is 22.8 Å². The van der Waals surface area contributed by atoms with Crippen molar-refractivity contribution in [1.29, 1.82) is 0 Å². The van der Waals surface area contributed by atoms with Crippen molar-refractivity contribution < 1.29 is 9.47 Å². The Hall–Kier alpha value is -3.80. The highest BCUT2D eigenvalue weighted by Gasteiger charge is 2.15. The summed E-state index contributed by atoms with van der Waals surface area (Å²) in [5.41, 5.74) is 4.81. The number of pyridine rings is 1. The molecule has 6 heteroatoms. The van der Waals surface area contributed by atoms with Crippen molar-refractivity contribution in [3.63, 3.8) is 0 Å². The molecule has 29 heavy (non-hydrogen) atoms. The Morgan fingerprint density at radius 3 is 2.66 bits per heavy atom. The Morgan fingerprint density at radius 2 is 1.83 bits per heavy atom. The SMILES string of the molecule is CN(C)c1ccc(-c2nc3ccccn3c2N=Cc2ccc3c(c2)OCO3)cc1. The summed E-state index contributed by atoms with van der Waals surface area (Å²) in [7, 11) is 4.06. The van der Waals surface area contributed by atoms with Gasteiger partial charge in [0.25, 0.3) is 0 Å². The standard InChI is InChI=1S/C23H20N4O2/c1-26(2)18-9-7-17(8-10-18)22-23(27-12-4-3-5-21(27)25-22)24-14-16-6-11-19-20(13-16)29-15-28-19/h3-14H,15H2,1-2H3. The first-order valence-electron chi connectivity index (χ1n) is 9.37. The average molecular weight is 384 g/mol. The van der Waals surface area contributed by atoms with Gasteiger partial charge < -0.3 is 14.4 Å². The lowest BCUT2D eigenvalue weighted by atomic mass is 10.1. The smallest absolute Gasteiger partial charge is 0.231 e. The summed E-state index contributed by atoms with van der Waals surface area (Å²) in [4.78, 5) is 11.7. The van der Waals surface area contributed by atoms with Gasteiger partial charge in [0.15, 0.2) is 17.3 Å². The zero-order valence-corrected chi connectivity index (χ0v) is 16.2. The van der Waals surface area contributed by atoms with Crippen LogP contribution in [0.3, 0.4) is 0 Å². The van der Waals surface area contributed by atoms with Crippen LogP contribution in [0.2, 0.25) is 0 Å². The van der Waals surface area contributed by atoms with E-state index in [2.05, 4.69) is 29.2 Å². The maximum absolute atomic E-state index is 5.46. The number of rotatable bonds is 4. The van der Waals surface area contributed by atoms with Gasteiger partial charge in [-0.15, -0.1) is 0 Å². The van der Waals surface area contributed by atoms with E-state index in [4.69, 9.17) is 19.5 Å². The fourth-order valence-corrected chi connectivity index (χ4v) is 3.35. The lowest BCUT2D eigenvalue weighted by Gasteiger charge is -2.12. The summed E-state index contributed by atoms with van der Waals surface area (Å²) >= 11 is 0. The minimum atomic E-state index is 0.260. The fourth-order valence-electron chi connectivity index (χ4n) is 3.35. The van der Waals surface area contributed by atoms with Gasteiger partial charge in [-0.3, -0.25) is 4.40 Å². The summed E-state index contributed by atoms with van der Waals surface area (Å²) in [6.07, 6.45) is 3.81. The van der Waals surface area contributed by atoms with Crippen molar-refractivity contribution in [1.82, 2.24) is 9.38 Å². The van der Waals surface area contributed by atoms with E-state index in [0.29, 0.717) is 0 Å². The number of ether oxygens (including phenoxy) is 2. The first-order valence-corrected chi connectivity index (χ1v) is 9.37. The number of benzene rings is 2. The Morgan fingerprint density at radius 1 is 1.00 bits per heavy atom. The van der Waals surface area contributed by atoms with Gasteiger partial charge in [-0.2, -0.15) is 0 Å². The predicted octanol–water partition coefficient (Wildman–Crippen LogP) is 4.55. The van der Waals surface area contributed by atoms with Gasteiger partial charge in [-0.1, -0.05) is 18.2 Å². The average Bonchev–Trinajstić information content (AvgIpc) is 3.36. The minimum Gasteiger partial charge on any atom is -0.454 e. The van der Waals surface area contributed by atoms with Gasteiger partial charge in [-0.25, -0.2) is 9.98 Å². The molecule has 0 saturated carbocycles. The van der Waals surface area contributed by atoms with Crippen molar-refractivity contribution >= 4 is 23.4 Å². The van der Waals surface area contributed by atoms with Crippen molar-refractivity contribution in [2.75, 3.05) is 25.8 Å². The molecule has 1 aliphatic rings. The van der Waals surface area contributed by atoms with Gasteiger partial charge >= 0.3 is 0 Å². The third-order valence-corrected chi connectivity index (χ3v) is 4.89. The van der Waals surface area contributed by atoms with Crippen LogP contribution in [0.5, 0.6) is 11.5 Å². The quantitative estimate of drug-likeness (QED) is 0.485. The second-order valence-electron chi connectivity index (χ2n) is 7.03. The molecule has 144 valence electrons. The molecule has 2 aromatic carbocycles. The van der Waals surface area contributed by atoms with Gasteiger partial charge in [0.2, 0.25) is 6.79 Å². The van der Waals surface area contributed by atoms with E-state index in [1.807, 2.05) is 67.3 Å². The van der Waals surface area contributed by atoms with E-state index in [1.54, 1.807) is 0 Å². The molecule has 0 aliphatic carbocycles. The van der Waals surface area contributed by atoms with E-state index in [0.717, 1.165) is 45.5 Å². The number of hydrogen-bond acceptors (Lipinski definition) is 5. The Bertz CT molecular complexity index is 1210. The first kappa shape index (κ1) is 17.3. The molecule has 0 saturated heterocycles. The van der Waals surface area contributed by atoms with E-state index >= 15 is 0 Å². The number of hydrogen-bond donors (Lipinski definition) is 0. The Labute approximate surface area is 168 Å². The summed E-state index contributed by atoms with van der Waals surface area (Å²) in [5.74, 6) is 2.29. The molecule has 0 N–H and O–H groups in total. The first-order chi connectivity index (χ1) is 14.2. The highest BCUT2D eigenvalue weighted by Crippen LogP contribution is 2.34. The largest absolute Gasteiger partial charge is 0.454 e. The van der Waals surface area contributed by atoms with Crippen LogP contribution in [0.4, 0.5) is 11.5 Å². The normalized spacial score (nSPS) is 12.8. The molecule has 0 bridgehead atoms. The molecule has 6 nitrogen and oxygen atoms in total. The Kier molecular flexibility index (Phi) is 4.17. The van der Waals surface area contributed by atoms with Crippen LogP contribution in [0, 0.1) is 0 Å². The molecular formula is C23H20N4O2. The van der Waals surface area contributed by atoms with Crippen molar-refractivity contribution in [2.24, 2.45) is 4.99 Å². The summed E-state index contributed by atoms with van der Waals surface area (Å²) < 4.78 is 12.8. The molecule has 0 atom stereocenters. The van der Waals surface area contributed by atoms with Gasteiger partial charge in [0, 0.05) is 37.8 Å². The molecule has 0 unspecified atom stereocenters. The number of aliphatic imine (C=N–C) groups is 1. The zero-order valence-electron chi connectivity index (χ0n) is 16.2. The Balaban J connectivity index is 1.58. The number of imidazole rings is 1. The van der Waals surface area contributed by atoms with E-state index in [1.165, 1.54) is 0 Å². The molecule has 0 radical (unpaired) electrons. The summed E-state index contributed by atoms with van der Waals surface area (Å²) in [5, 5.41) is 0. The lowest BCUT2D eigenvalue weighted by Crippen LogP contribution is -2.07. The maximum atomic E-state index is 5.46. The van der Waals surface area contributed by atoms with E-state index in [9.17, 15) is 0 Å². The number of nitrogens with zero attached hydrogens (tertiary/aromatic N) is 4. The molecule has 5 rings (SSSR count). The van der Waals surface area contributed by atoms with Crippen LogP contribution in [-0.2, 0) is 0 Å². The van der Waals surface area contributed by atoms with Crippen LogP contribution >= 0.6 is 0 Å². The van der Waals surface area contributed by atoms with Gasteiger partial charge in [0.1, 0.15) is 11.3 Å². The second-order valence-corrected chi connectivity index (χ2v) is 7.03. The molecule has 1 aliphatic heterocycles. The van der Waals surface area contributed by atoms with Crippen LogP contribution < -0.4 is 14.4 Å². The highest BCUT2D eigenvalue weighted by molar-refractivity contribution is 5.86. The zero-order chi connectivity index (χ0) is 19.8. The fraction of sp³-hybridized carbons (Fsp3) is 0.130. The van der Waals surface area contributed by atoms with E-state index < -0.39 is 0 Å². The topological polar surface area (TPSA) is 51.4 Å². The van der Waals surface area contributed by atoms with Crippen LogP contribution in [0.15, 0.2) is 71.9 Å². The lowest BCUT2D eigenvalue weighted by molar-refractivity contribution is 0.174. The van der Waals surface area contributed by atoms with Crippen molar-refractivity contribution in [3.05, 3.63) is 72.4 Å². The van der Waals surface area contributed by atoms with Crippen LogP contribution in [0.25, 0.3) is 16.9 Å². The molecule has 0 fully saturated rings. The molecule has 0 amide bonds.